The first kappa shape index (κ1) is 33.7. The summed E-state index contributed by atoms with van der Waals surface area (Å²) in [4.78, 5) is 30.1. The molecule has 0 radical (unpaired) electrons. The van der Waals surface area contributed by atoms with Crippen LogP contribution in [0.1, 0.15) is 51.5 Å². The molecule has 3 aromatic rings. The third kappa shape index (κ3) is 8.70. The van der Waals surface area contributed by atoms with Crippen LogP contribution in [0, 0.1) is 0 Å². The molecule has 0 heterocycles. The minimum Gasteiger partial charge on any atom is -0.494 e. The van der Waals surface area contributed by atoms with E-state index in [-0.39, 0.29) is 23.4 Å². The van der Waals surface area contributed by atoms with Crippen molar-refractivity contribution in [1.82, 2.24) is 10.2 Å². The number of ether oxygens (including phenoxy) is 1. The summed E-state index contributed by atoms with van der Waals surface area (Å²) in [5.41, 5.74) is 1.03. The van der Waals surface area contributed by atoms with E-state index in [4.69, 9.17) is 16.3 Å². The van der Waals surface area contributed by atoms with Crippen molar-refractivity contribution in [1.29, 1.82) is 0 Å². The zero-order valence-electron chi connectivity index (χ0n) is 25.4. The van der Waals surface area contributed by atoms with Gasteiger partial charge < -0.3 is 15.0 Å². The van der Waals surface area contributed by atoms with E-state index in [9.17, 15) is 18.0 Å². The Bertz CT molecular complexity index is 1510. The highest BCUT2D eigenvalue weighted by molar-refractivity contribution is 7.98. The minimum absolute atomic E-state index is 0.0569. The molecule has 2 amide bonds. The molecule has 1 aliphatic carbocycles. The summed E-state index contributed by atoms with van der Waals surface area (Å²) >= 11 is 7.75. The number of benzene rings is 3. The van der Waals surface area contributed by atoms with Gasteiger partial charge in [0.25, 0.3) is 10.0 Å². The Morgan fingerprint density at radius 2 is 1.70 bits per heavy atom. The van der Waals surface area contributed by atoms with Crippen molar-refractivity contribution in [3.63, 3.8) is 0 Å². The number of sulfonamides is 1. The van der Waals surface area contributed by atoms with E-state index in [0.717, 1.165) is 46.9 Å². The van der Waals surface area contributed by atoms with E-state index in [2.05, 4.69) is 5.32 Å². The zero-order valence-corrected chi connectivity index (χ0v) is 27.8. The van der Waals surface area contributed by atoms with Crippen LogP contribution in [-0.2, 0) is 26.2 Å². The Labute approximate surface area is 270 Å². The normalized spacial score (nSPS) is 14.5. The number of nitrogens with one attached hydrogen (secondary N) is 1. The molecule has 0 unspecified atom stereocenters. The highest BCUT2D eigenvalue weighted by Gasteiger charge is 2.33. The van der Waals surface area contributed by atoms with E-state index in [1.807, 2.05) is 19.2 Å². The molecule has 0 saturated heterocycles. The van der Waals surface area contributed by atoms with Crippen molar-refractivity contribution in [2.24, 2.45) is 0 Å². The Morgan fingerprint density at radius 3 is 2.32 bits per heavy atom. The van der Waals surface area contributed by atoms with Crippen LogP contribution >= 0.6 is 23.4 Å². The lowest BCUT2D eigenvalue weighted by Crippen LogP contribution is -2.53. The monoisotopic (exact) mass is 657 g/mol. The van der Waals surface area contributed by atoms with Crippen LogP contribution in [0.15, 0.2) is 82.6 Å². The van der Waals surface area contributed by atoms with Crippen LogP contribution in [0.2, 0.25) is 5.02 Å². The molecule has 4 rings (SSSR count). The molecule has 11 heteroatoms. The van der Waals surface area contributed by atoms with Gasteiger partial charge in [0.05, 0.1) is 17.2 Å². The van der Waals surface area contributed by atoms with Crippen LogP contribution in [0.3, 0.4) is 0 Å². The second kappa shape index (κ2) is 15.7. The number of hydrogen-bond acceptors (Lipinski definition) is 6. The Kier molecular flexibility index (Phi) is 12.0. The number of thioether (sulfide) groups is 1. The Morgan fingerprint density at radius 1 is 1.02 bits per heavy atom. The summed E-state index contributed by atoms with van der Waals surface area (Å²) in [6.07, 6.45) is 6.97. The van der Waals surface area contributed by atoms with Crippen LogP contribution in [-0.4, -0.2) is 56.6 Å². The van der Waals surface area contributed by atoms with Gasteiger partial charge >= 0.3 is 0 Å². The van der Waals surface area contributed by atoms with Crippen LogP contribution in [0.4, 0.5) is 5.69 Å². The lowest BCUT2D eigenvalue weighted by molar-refractivity contribution is -0.139. The first-order valence-electron chi connectivity index (χ1n) is 14.9. The zero-order chi connectivity index (χ0) is 31.7. The second-order valence-corrected chi connectivity index (χ2v) is 14.0. The van der Waals surface area contributed by atoms with Crippen molar-refractivity contribution >= 4 is 50.9 Å². The summed E-state index contributed by atoms with van der Waals surface area (Å²) in [5, 5.41) is 3.62. The number of carbonyl (C=O) groups excluding carboxylic acids is 2. The fraction of sp³-hybridized carbons (Fsp3) is 0.394. The van der Waals surface area contributed by atoms with Crippen molar-refractivity contribution < 1.29 is 22.7 Å². The number of hydrogen-bond donors (Lipinski definition) is 1. The molecule has 0 aromatic heterocycles. The van der Waals surface area contributed by atoms with Gasteiger partial charge in [0, 0.05) is 22.5 Å². The summed E-state index contributed by atoms with van der Waals surface area (Å²) in [7, 11) is -4.17. The SMILES string of the molecule is CCOc1ccc(N(CC(=O)N(Cc2cccc(Cl)c2)[C@H](C)C(=O)NC2CCCCC2)S(=O)(=O)c2ccc(SC)cc2)cc1. The quantitative estimate of drug-likeness (QED) is 0.210. The van der Waals surface area contributed by atoms with Gasteiger partial charge in [0.1, 0.15) is 18.3 Å². The highest BCUT2D eigenvalue weighted by atomic mass is 35.5. The smallest absolute Gasteiger partial charge is 0.264 e. The van der Waals surface area contributed by atoms with Gasteiger partial charge in [-0.05, 0) is 99.2 Å². The van der Waals surface area contributed by atoms with E-state index in [1.54, 1.807) is 61.5 Å². The summed E-state index contributed by atoms with van der Waals surface area (Å²) in [6.45, 7) is 3.57. The summed E-state index contributed by atoms with van der Waals surface area (Å²) in [5.74, 6) is -0.204. The van der Waals surface area contributed by atoms with Gasteiger partial charge in [-0.25, -0.2) is 8.42 Å². The van der Waals surface area contributed by atoms with E-state index >= 15 is 0 Å². The molecule has 1 atom stereocenters. The molecular weight excluding hydrogens is 618 g/mol. The van der Waals surface area contributed by atoms with E-state index in [1.165, 1.54) is 28.8 Å². The molecule has 0 aliphatic heterocycles. The van der Waals surface area contributed by atoms with E-state index < -0.39 is 28.5 Å². The predicted octanol–water partition coefficient (Wildman–Crippen LogP) is 6.52. The van der Waals surface area contributed by atoms with Crippen LogP contribution < -0.4 is 14.4 Å². The first-order chi connectivity index (χ1) is 21.1. The summed E-state index contributed by atoms with van der Waals surface area (Å²) in [6, 6.07) is 19.4. The molecular formula is C33H40ClN3O5S2. The molecule has 8 nitrogen and oxygen atoms in total. The van der Waals surface area contributed by atoms with Crippen molar-refractivity contribution in [3.8, 4) is 5.75 Å². The molecule has 0 bridgehead atoms. The average Bonchev–Trinajstić information content (AvgIpc) is 3.03. The van der Waals surface area contributed by atoms with E-state index in [0.29, 0.717) is 23.1 Å². The maximum absolute atomic E-state index is 14.2. The second-order valence-electron chi connectivity index (χ2n) is 10.8. The molecule has 0 spiro atoms. The Balaban J connectivity index is 1.68. The Hall–Kier alpha value is -3.21. The molecule has 3 aromatic carbocycles. The molecule has 1 N–H and O–H groups in total. The molecule has 1 aliphatic rings. The third-order valence-corrected chi connectivity index (χ3v) is 10.5. The van der Waals surface area contributed by atoms with Gasteiger partial charge in [-0.2, -0.15) is 0 Å². The van der Waals surface area contributed by atoms with Crippen molar-refractivity contribution in [2.45, 2.75) is 74.4 Å². The topological polar surface area (TPSA) is 96.0 Å². The number of amides is 2. The molecule has 1 fully saturated rings. The number of nitrogens with zero attached hydrogens (tertiary/aromatic N) is 2. The van der Waals surface area contributed by atoms with Crippen molar-refractivity contribution in [3.05, 3.63) is 83.4 Å². The largest absolute Gasteiger partial charge is 0.494 e. The van der Waals surface area contributed by atoms with Gasteiger partial charge in [-0.1, -0.05) is 43.0 Å². The highest BCUT2D eigenvalue weighted by Crippen LogP contribution is 2.28. The number of halogens is 1. The maximum atomic E-state index is 14.2. The standard InChI is InChI=1S/C33H40ClN3O5S2/c1-4-42-29-15-13-28(14-16-29)37(44(40,41)31-19-17-30(43-3)18-20-31)23-32(38)36(22-25-9-8-10-26(34)21-25)24(2)33(39)35-27-11-6-5-7-12-27/h8-10,13-21,24,27H,4-7,11-12,22-23H2,1-3H3,(H,35,39)/t24-/m1/s1. The van der Waals surface area contributed by atoms with Crippen LogP contribution in [0.5, 0.6) is 5.75 Å². The number of carbonyl (C=O) groups is 2. The predicted molar refractivity (Wildman–Crippen MR) is 177 cm³/mol. The average molecular weight is 658 g/mol. The van der Waals surface area contributed by atoms with Crippen LogP contribution in [0.25, 0.3) is 0 Å². The lowest BCUT2D eigenvalue weighted by atomic mass is 9.95. The fourth-order valence-electron chi connectivity index (χ4n) is 5.26. The van der Waals surface area contributed by atoms with Gasteiger partial charge in [0.2, 0.25) is 11.8 Å². The van der Waals surface area contributed by atoms with Gasteiger partial charge in [-0.3, -0.25) is 13.9 Å². The minimum atomic E-state index is -4.17. The lowest BCUT2D eigenvalue weighted by Gasteiger charge is -2.33. The summed E-state index contributed by atoms with van der Waals surface area (Å²) < 4.78 is 34.8. The van der Waals surface area contributed by atoms with Crippen molar-refractivity contribution in [2.75, 3.05) is 23.7 Å². The van der Waals surface area contributed by atoms with Gasteiger partial charge in [-0.15, -0.1) is 11.8 Å². The van der Waals surface area contributed by atoms with Gasteiger partial charge in [0.15, 0.2) is 0 Å². The number of rotatable bonds is 13. The maximum Gasteiger partial charge on any atom is 0.264 e. The first-order valence-corrected chi connectivity index (χ1v) is 17.9. The molecule has 44 heavy (non-hydrogen) atoms. The molecule has 1 saturated carbocycles. The third-order valence-electron chi connectivity index (χ3n) is 7.72. The fourth-order valence-corrected chi connectivity index (χ4v) is 7.30. The molecule has 236 valence electrons. The number of anilines is 1.